The fraction of sp³-hybridized carbons (Fsp3) is 0.471. The zero-order chi connectivity index (χ0) is 17.7. The number of benzene rings is 1. The van der Waals surface area contributed by atoms with E-state index in [2.05, 4.69) is 21.2 Å². The van der Waals surface area contributed by atoms with Gasteiger partial charge in [0.25, 0.3) is 0 Å². The smallest absolute Gasteiger partial charge is 0.224 e. The molecule has 0 bridgehead atoms. The Morgan fingerprint density at radius 2 is 1.71 bits per heavy atom. The molecule has 130 valence electrons. The number of hydrogen-bond acceptors (Lipinski definition) is 3. The van der Waals surface area contributed by atoms with Crippen molar-refractivity contribution in [1.29, 1.82) is 0 Å². The van der Waals surface area contributed by atoms with Crippen molar-refractivity contribution >= 4 is 39.3 Å². The van der Waals surface area contributed by atoms with Gasteiger partial charge in [-0.05, 0) is 30.7 Å². The fourth-order valence-corrected chi connectivity index (χ4v) is 2.84. The molecule has 2 rings (SSSR count). The molecule has 24 heavy (non-hydrogen) atoms. The van der Waals surface area contributed by atoms with Gasteiger partial charge in [-0.2, -0.15) is 0 Å². The highest BCUT2D eigenvalue weighted by molar-refractivity contribution is 9.10. The number of anilines is 1. The Balaban J connectivity index is 1.76. The van der Waals surface area contributed by atoms with Crippen LogP contribution in [0.25, 0.3) is 0 Å². The van der Waals surface area contributed by atoms with Gasteiger partial charge in [-0.25, -0.2) is 0 Å². The highest BCUT2D eigenvalue weighted by Crippen LogP contribution is 2.20. The molecule has 7 heteroatoms. The molecule has 0 aromatic heterocycles. The molecular formula is C17H22BrN3O3. The number of nitrogens with zero attached hydrogens (tertiary/aromatic N) is 2. The molecule has 1 aromatic carbocycles. The topological polar surface area (TPSA) is 69.7 Å². The number of halogens is 1. The third-order valence-corrected chi connectivity index (χ3v) is 4.98. The molecule has 1 fully saturated rings. The number of amides is 3. The van der Waals surface area contributed by atoms with Crippen LogP contribution in [0.1, 0.15) is 25.3 Å². The molecule has 6 nitrogen and oxygen atoms in total. The lowest BCUT2D eigenvalue weighted by molar-refractivity contribution is -0.138. The molecule has 0 saturated carbocycles. The van der Waals surface area contributed by atoms with Gasteiger partial charge in [0.2, 0.25) is 17.7 Å². The minimum absolute atomic E-state index is 0.0336. The van der Waals surface area contributed by atoms with E-state index in [1.807, 2.05) is 25.1 Å². The van der Waals surface area contributed by atoms with Gasteiger partial charge >= 0.3 is 0 Å². The number of nitrogens with one attached hydrogen (secondary N) is 1. The average Bonchev–Trinajstić information content (AvgIpc) is 2.56. The summed E-state index contributed by atoms with van der Waals surface area (Å²) in [5, 5.41) is 2.81. The second-order valence-corrected chi connectivity index (χ2v) is 6.75. The van der Waals surface area contributed by atoms with E-state index in [4.69, 9.17) is 0 Å². The molecular weight excluding hydrogens is 374 g/mol. The standard InChI is InChI=1S/C17H22BrN3O3/c1-12-11-14(3-4-15(12)18)19-16(23)5-6-17(24)21-9-7-20(8-10-21)13(2)22/h3-4,11H,5-10H2,1-2H3,(H,19,23). The zero-order valence-electron chi connectivity index (χ0n) is 14.0. The number of rotatable bonds is 4. The lowest BCUT2D eigenvalue weighted by atomic mass is 10.2. The van der Waals surface area contributed by atoms with E-state index in [-0.39, 0.29) is 30.6 Å². The third kappa shape index (κ3) is 5.06. The van der Waals surface area contributed by atoms with Crippen molar-refractivity contribution in [3.8, 4) is 0 Å². The highest BCUT2D eigenvalue weighted by Gasteiger charge is 2.22. The Labute approximate surface area is 150 Å². The van der Waals surface area contributed by atoms with Crippen LogP contribution in [0.15, 0.2) is 22.7 Å². The van der Waals surface area contributed by atoms with Gasteiger partial charge in [0.15, 0.2) is 0 Å². The molecule has 3 amide bonds. The summed E-state index contributed by atoms with van der Waals surface area (Å²) in [5.74, 6) is -0.181. The molecule has 0 spiro atoms. The van der Waals surface area contributed by atoms with Gasteiger partial charge in [-0.15, -0.1) is 0 Å². The van der Waals surface area contributed by atoms with E-state index in [0.717, 1.165) is 15.7 Å². The summed E-state index contributed by atoms with van der Waals surface area (Å²) in [6.07, 6.45) is 0.336. The van der Waals surface area contributed by atoms with Crippen molar-refractivity contribution in [2.24, 2.45) is 0 Å². The molecule has 0 aliphatic carbocycles. The van der Waals surface area contributed by atoms with Gasteiger partial charge < -0.3 is 15.1 Å². The molecule has 1 heterocycles. The summed E-state index contributed by atoms with van der Waals surface area (Å²) in [4.78, 5) is 38.9. The average molecular weight is 396 g/mol. The fourth-order valence-electron chi connectivity index (χ4n) is 2.60. The monoisotopic (exact) mass is 395 g/mol. The van der Waals surface area contributed by atoms with Gasteiger partial charge in [-0.1, -0.05) is 15.9 Å². The Kier molecular flexibility index (Phi) is 6.36. The van der Waals surface area contributed by atoms with E-state index in [1.165, 1.54) is 6.92 Å². The Morgan fingerprint density at radius 3 is 2.29 bits per heavy atom. The summed E-state index contributed by atoms with van der Waals surface area (Å²) in [6.45, 7) is 5.67. The first-order valence-electron chi connectivity index (χ1n) is 7.96. The minimum Gasteiger partial charge on any atom is -0.339 e. The SMILES string of the molecule is CC(=O)N1CCN(C(=O)CCC(=O)Nc2ccc(Br)c(C)c2)CC1. The first-order chi connectivity index (χ1) is 11.4. The number of aryl methyl sites for hydroxylation is 1. The predicted molar refractivity (Wildman–Crippen MR) is 95.6 cm³/mol. The highest BCUT2D eigenvalue weighted by atomic mass is 79.9. The van der Waals surface area contributed by atoms with E-state index in [9.17, 15) is 14.4 Å². The lowest BCUT2D eigenvalue weighted by Crippen LogP contribution is -2.50. The van der Waals surface area contributed by atoms with Gasteiger partial charge in [0.05, 0.1) is 0 Å². The van der Waals surface area contributed by atoms with Crippen molar-refractivity contribution in [2.45, 2.75) is 26.7 Å². The summed E-state index contributed by atoms with van der Waals surface area (Å²) in [5.41, 5.74) is 1.76. The van der Waals surface area contributed by atoms with Crippen molar-refractivity contribution in [3.63, 3.8) is 0 Å². The van der Waals surface area contributed by atoms with Crippen LogP contribution in [-0.4, -0.2) is 53.7 Å². The maximum absolute atomic E-state index is 12.2. The van der Waals surface area contributed by atoms with Gasteiger partial charge in [0.1, 0.15) is 0 Å². The lowest BCUT2D eigenvalue weighted by Gasteiger charge is -2.34. The Hall–Kier alpha value is -1.89. The van der Waals surface area contributed by atoms with Crippen LogP contribution in [0.3, 0.4) is 0 Å². The number of carbonyl (C=O) groups excluding carboxylic acids is 3. The summed E-state index contributed by atoms with van der Waals surface area (Å²) in [7, 11) is 0. The summed E-state index contributed by atoms with van der Waals surface area (Å²) < 4.78 is 0.986. The maximum atomic E-state index is 12.2. The normalized spacial score (nSPS) is 14.5. The molecule has 0 unspecified atom stereocenters. The first-order valence-corrected chi connectivity index (χ1v) is 8.75. The first kappa shape index (κ1) is 18.4. The van der Waals surface area contributed by atoms with Crippen LogP contribution in [0, 0.1) is 6.92 Å². The maximum Gasteiger partial charge on any atom is 0.224 e. The second kappa shape index (κ2) is 8.28. The second-order valence-electron chi connectivity index (χ2n) is 5.90. The van der Waals surface area contributed by atoms with Crippen LogP contribution in [0.5, 0.6) is 0 Å². The summed E-state index contributed by atoms with van der Waals surface area (Å²) >= 11 is 3.42. The largest absolute Gasteiger partial charge is 0.339 e. The van der Waals surface area contributed by atoms with Crippen LogP contribution in [0.4, 0.5) is 5.69 Å². The van der Waals surface area contributed by atoms with Crippen molar-refractivity contribution in [2.75, 3.05) is 31.5 Å². The van der Waals surface area contributed by atoms with Crippen LogP contribution in [-0.2, 0) is 14.4 Å². The number of hydrogen-bond donors (Lipinski definition) is 1. The van der Waals surface area contributed by atoms with Gasteiger partial charge in [-0.3, -0.25) is 14.4 Å². The number of piperazine rings is 1. The third-order valence-electron chi connectivity index (χ3n) is 4.09. The molecule has 0 radical (unpaired) electrons. The summed E-state index contributed by atoms with van der Waals surface area (Å²) in [6, 6.07) is 5.58. The molecule has 1 aliphatic rings. The zero-order valence-corrected chi connectivity index (χ0v) is 15.6. The molecule has 0 atom stereocenters. The van der Waals surface area contributed by atoms with Crippen molar-refractivity contribution in [1.82, 2.24) is 9.80 Å². The van der Waals surface area contributed by atoms with Crippen molar-refractivity contribution < 1.29 is 14.4 Å². The van der Waals surface area contributed by atoms with E-state index < -0.39 is 0 Å². The predicted octanol–water partition coefficient (Wildman–Crippen LogP) is 2.17. The van der Waals surface area contributed by atoms with Crippen LogP contribution in [0.2, 0.25) is 0 Å². The van der Waals surface area contributed by atoms with Crippen molar-refractivity contribution in [3.05, 3.63) is 28.2 Å². The number of carbonyl (C=O) groups is 3. The van der Waals surface area contributed by atoms with E-state index in [0.29, 0.717) is 26.2 Å². The molecule has 1 saturated heterocycles. The van der Waals surface area contributed by atoms with E-state index >= 15 is 0 Å². The van der Waals surface area contributed by atoms with Gasteiger partial charge in [0, 0.05) is 56.1 Å². The molecule has 1 aliphatic heterocycles. The Morgan fingerprint density at radius 1 is 1.08 bits per heavy atom. The minimum atomic E-state index is -0.174. The Bertz CT molecular complexity index is 640. The van der Waals surface area contributed by atoms with Crippen LogP contribution < -0.4 is 5.32 Å². The molecule has 1 aromatic rings. The quantitative estimate of drug-likeness (QED) is 0.848. The van der Waals surface area contributed by atoms with E-state index in [1.54, 1.807) is 9.80 Å². The van der Waals surface area contributed by atoms with Crippen LogP contribution >= 0.6 is 15.9 Å². The molecule has 1 N–H and O–H groups in total.